The number of rotatable bonds is 9. The Balaban J connectivity index is 0.00000361. The zero-order chi connectivity index (χ0) is 14.1. The van der Waals surface area contributed by atoms with Gasteiger partial charge in [0.25, 0.3) is 0 Å². The molecule has 0 aliphatic heterocycles. The number of hydrogen-bond donors (Lipinski definition) is 2. The van der Waals surface area contributed by atoms with Crippen molar-refractivity contribution < 1.29 is 27.0 Å². The van der Waals surface area contributed by atoms with Crippen molar-refractivity contribution in [1.29, 1.82) is 0 Å². The summed E-state index contributed by atoms with van der Waals surface area (Å²) < 4.78 is 5.56. The Bertz CT molecular complexity index is 379. The maximum absolute atomic E-state index is 10.9. The van der Waals surface area contributed by atoms with Crippen LogP contribution in [0.5, 0.6) is 5.75 Å². The van der Waals surface area contributed by atoms with E-state index in [1.165, 1.54) is 0 Å². The maximum Gasteiger partial charge on any atom is 0.130 e. The van der Waals surface area contributed by atoms with Crippen molar-refractivity contribution in [3.8, 4) is 5.75 Å². The fraction of sp³-hybridized carbons (Fsp3) is 0.533. The Morgan fingerprint density at radius 2 is 2.00 bits per heavy atom. The van der Waals surface area contributed by atoms with Crippen LogP contribution < -0.4 is 22.5 Å². The van der Waals surface area contributed by atoms with E-state index in [-0.39, 0.29) is 24.3 Å². The summed E-state index contributed by atoms with van der Waals surface area (Å²) in [6.45, 7) is 5.20. The molecule has 0 fully saturated rings. The van der Waals surface area contributed by atoms with Gasteiger partial charge in [-0.1, -0.05) is 12.1 Å². The predicted octanol–water partition coefficient (Wildman–Crippen LogP) is -1.44. The van der Waals surface area contributed by atoms with E-state index in [2.05, 4.69) is 5.32 Å². The molecule has 1 aromatic carbocycles. The minimum Gasteiger partial charge on any atom is -1.00 e. The first-order valence-corrected chi connectivity index (χ1v) is 6.68. The number of Topliss-reactive ketones (excluding diaryl/α,β-unsaturated/α-hetero) is 1. The number of nitrogens with one attached hydrogen (secondary N) is 1. The molecule has 0 heterocycles. The molecule has 0 saturated carbocycles. The van der Waals surface area contributed by atoms with Gasteiger partial charge in [0.05, 0.1) is 6.10 Å². The summed E-state index contributed by atoms with van der Waals surface area (Å²) in [6.07, 6.45) is 1.04. The van der Waals surface area contributed by atoms with Crippen molar-refractivity contribution in [3.05, 3.63) is 29.8 Å². The summed E-state index contributed by atoms with van der Waals surface area (Å²) in [5.74, 6) is 1.04. The molecule has 1 unspecified atom stereocenters. The van der Waals surface area contributed by atoms with E-state index in [0.717, 1.165) is 17.7 Å². The van der Waals surface area contributed by atoms with Crippen LogP contribution >= 0.6 is 0 Å². The minimum absolute atomic E-state index is 0. The molecular formula is C15H23ClNO3-. The quantitative estimate of drug-likeness (QED) is 0.549. The van der Waals surface area contributed by atoms with Crippen LogP contribution in [0.15, 0.2) is 24.3 Å². The van der Waals surface area contributed by atoms with Gasteiger partial charge in [0, 0.05) is 19.5 Å². The summed E-state index contributed by atoms with van der Waals surface area (Å²) in [7, 11) is 0. The second-order valence-corrected chi connectivity index (χ2v) is 4.75. The summed E-state index contributed by atoms with van der Waals surface area (Å²) in [6, 6.07) is 7.82. The summed E-state index contributed by atoms with van der Waals surface area (Å²) in [4.78, 5) is 10.9. The van der Waals surface area contributed by atoms with Gasteiger partial charge in [-0.3, -0.25) is 0 Å². The monoisotopic (exact) mass is 300 g/mol. The lowest BCUT2D eigenvalue weighted by molar-refractivity contribution is -0.116. The molecule has 0 radical (unpaired) electrons. The average molecular weight is 301 g/mol. The van der Waals surface area contributed by atoms with Gasteiger partial charge < -0.3 is 32.4 Å². The molecule has 0 aromatic heterocycles. The zero-order valence-corrected chi connectivity index (χ0v) is 12.8. The molecule has 0 bridgehead atoms. The number of hydrogen-bond acceptors (Lipinski definition) is 4. The van der Waals surface area contributed by atoms with Gasteiger partial charge in [-0.05, 0) is 38.0 Å². The molecule has 1 rings (SSSR count). The van der Waals surface area contributed by atoms with E-state index in [1.54, 1.807) is 13.8 Å². The number of carbonyl (C=O) groups excluding carboxylic acids is 1. The van der Waals surface area contributed by atoms with E-state index in [0.29, 0.717) is 26.1 Å². The second-order valence-electron chi connectivity index (χ2n) is 4.75. The van der Waals surface area contributed by atoms with Crippen LogP contribution in [0.4, 0.5) is 0 Å². The van der Waals surface area contributed by atoms with E-state index >= 15 is 0 Å². The van der Waals surface area contributed by atoms with E-state index in [4.69, 9.17) is 9.84 Å². The Hall–Kier alpha value is -1.10. The first-order chi connectivity index (χ1) is 9.08. The maximum atomic E-state index is 10.9. The van der Waals surface area contributed by atoms with Gasteiger partial charge in [-0.2, -0.15) is 0 Å². The lowest BCUT2D eigenvalue weighted by Gasteiger charge is -2.09. The number of carbonyl (C=O) groups is 1. The fourth-order valence-electron chi connectivity index (χ4n) is 1.62. The molecule has 0 spiro atoms. The van der Waals surface area contributed by atoms with E-state index in [9.17, 15) is 4.79 Å². The third kappa shape index (κ3) is 8.91. The van der Waals surface area contributed by atoms with E-state index < -0.39 is 0 Å². The van der Waals surface area contributed by atoms with Gasteiger partial charge in [-0.15, -0.1) is 0 Å². The predicted molar refractivity (Wildman–Crippen MR) is 75.5 cm³/mol. The zero-order valence-electron chi connectivity index (χ0n) is 12.1. The van der Waals surface area contributed by atoms with Crippen LogP contribution in [0.25, 0.3) is 0 Å². The van der Waals surface area contributed by atoms with Crippen LogP contribution in [0.3, 0.4) is 0 Å². The Morgan fingerprint density at radius 1 is 1.35 bits per heavy atom. The van der Waals surface area contributed by atoms with Crippen molar-refractivity contribution >= 4 is 5.78 Å². The topological polar surface area (TPSA) is 58.6 Å². The number of aliphatic hydroxyl groups excluding tert-OH is 1. The Morgan fingerprint density at radius 3 is 2.55 bits per heavy atom. The molecule has 5 heteroatoms. The number of ether oxygens (including phenoxy) is 1. The van der Waals surface area contributed by atoms with Gasteiger partial charge >= 0.3 is 0 Å². The van der Waals surface area contributed by atoms with Gasteiger partial charge in [0.2, 0.25) is 0 Å². The summed E-state index contributed by atoms with van der Waals surface area (Å²) >= 11 is 0. The van der Waals surface area contributed by atoms with Gasteiger partial charge in [0.15, 0.2) is 0 Å². The average Bonchev–Trinajstić information content (AvgIpc) is 2.37. The Kier molecular flexibility index (Phi) is 10.1. The fourth-order valence-corrected chi connectivity index (χ4v) is 1.62. The first-order valence-electron chi connectivity index (χ1n) is 6.68. The van der Waals surface area contributed by atoms with Gasteiger partial charge in [0.1, 0.15) is 18.1 Å². The van der Waals surface area contributed by atoms with Crippen molar-refractivity contribution in [2.75, 3.05) is 19.7 Å². The standard InChI is InChI=1S/C15H23NO3.ClH/c1-12(17)3-4-14-5-7-15(8-6-14)19-10-9-16-11-13(2)18;/h5-8,13,16,18H,3-4,9-11H2,1-2H3;1H/p-1. The number of halogens is 1. The first kappa shape index (κ1) is 18.9. The molecule has 4 nitrogen and oxygen atoms in total. The highest BCUT2D eigenvalue weighted by Crippen LogP contribution is 2.13. The van der Waals surface area contributed by atoms with Crippen LogP contribution in [-0.2, 0) is 11.2 Å². The number of aliphatic hydroxyl groups is 1. The molecule has 0 aliphatic rings. The molecule has 1 atom stereocenters. The third-order valence-electron chi connectivity index (χ3n) is 2.68. The lowest BCUT2D eigenvalue weighted by Crippen LogP contribution is -3.00. The number of benzene rings is 1. The van der Waals surface area contributed by atoms with Crippen LogP contribution in [0, 0.1) is 0 Å². The SMILES string of the molecule is CC(=O)CCc1ccc(OCCNCC(C)O)cc1.[Cl-]. The smallest absolute Gasteiger partial charge is 0.130 e. The molecule has 0 aliphatic carbocycles. The van der Waals surface area contributed by atoms with E-state index in [1.807, 2.05) is 24.3 Å². The van der Waals surface area contributed by atoms with Crippen LogP contribution in [0.1, 0.15) is 25.8 Å². The summed E-state index contributed by atoms with van der Waals surface area (Å²) in [5, 5.41) is 12.1. The minimum atomic E-state index is -0.333. The lowest BCUT2D eigenvalue weighted by atomic mass is 10.1. The van der Waals surface area contributed by atoms with Crippen LogP contribution in [-0.4, -0.2) is 36.7 Å². The highest BCUT2D eigenvalue weighted by molar-refractivity contribution is 5.75. The molecule has 0 saturated heterocycles. The molecule has 0 amide bonds. The van der Waals surface area contributed by atoms with Crippen molar-refractivity contribution in [3.63, 3.8) is 0 Å². The highest BCUT2D eigenvalue weighted by Gasteiger charge is 1.99. The molecule has 1 aromatic rings. The molecule has 2 N–H and O–H groups in total. The summed E-state index contributed by atoms with van der Waals surface area (Å²) in [5.41, 5.74) is 1.15. The van der Waals surface area contributed by atoms with Crippen molar-refractivity contribution in [2.24, 2.45) is 0 Å². The molecule has 20 heavy (non-hydrogen) atoms. The van der Waals surface area contributed by atoms with Gasteiger partial charge in [-0.25, -0.2) is 0 Å². The Labute approximate surface area is 126 Å². The number of aryl methyl sites for hydroxylation is 1. The highest BCUT2D eigenvalue weighted by atomic mass is 35.5. The third-order valence-corrected chi connectivity index (χ3v) is 2.68. The molecular weight excluding hydrogens is 278 g/mol. The number of ketones is 1. The molecule has 114 valence electrons. The van der Waals surface area contributed by atoms with Crippen molar-refractivity contribution in [1.82, 2.24) is 5.32 Å². The largest absolute Gasteiger partial charge is 1.00 e. The second kappa shape index (κ2) is 10.7. The van der Waals surface area contributed by atoms with Crippen molar-refractivity contribution in [2.45, 2.75) is 32.8 Å². The van der Waals surface area contributed by atoms with Crippen LogP contribution in [0.2, 0.25) is 0 Å². The normalized spacial score (nSPS) is 11.6.